The maximum absolute atomic E-state index is 10.3. The molecular weight excluding hydrogens is 204 g/mol. The van der Waals surface area contributed by atoms with E-state index in [9.17, 15) is 10.1 Å². The van der Waals surface area contributed by atoms with Gasteiger partial charge in [0.05, 0.1) is 6.54 Å². The fourth-order valence-corrected chi connectivity index (χ4v) is 1.03. The van der Waals surface area contributed by atoms with E-state index in [0.717, 1.165) is 5.69 Å². The average Bonchev–Trinajstić information content (AvgIpc) is 2.16. The zero-order chi connectivity index (χ0) is 10.6. The lowest BCUT2D eigenvalue weighted by molar-refractivity contribution is -0.514. The van der Waals surface area contributed by atoms with Gasteiger partial charge >= 0.3 is 0 Å². The Bertz CT molecular complexity index is 313. The molecule has 0 aliphatic heterocycles. The number of nitrogens with zero attached hydrogens (tertiary/aromatic N) is 1. The van der Waals surface area contributed by atoms with Gasteiger partial charge in [0.2, 0.25) is 6.04 Å². The summed E-state index contributed by atoms with van der Waals surface area (Å²) >= 11 is 5.69. The summed E-state index contributed by atoms with van der Waals surface area (Å²) in [4.78, 5) is 10.0. The van der Waals surface area contributed by atoms with Crippen LogP contribution in [-0.2, 0) is 0 Å². The lowest BCUT2D eigenvalue weighted by atomic mass is 10.3. The second kappa shape index (κ2) is 4.81. The number of hydrogen-bond acceptors (Lipinski definition) is 3. The highest BCUT2D eigenvalue weighted by Gasteiger charge is 2.11. The number of benzene rings is 1. The predicted octanol–water partition coefficient (Wildman–Crippen LogP) is 2.42. The van der Waals surface area contributed by atoms with E-state index in [1.807, 2.05) is 0 Å². The zero-order valence-electron chi connectivity index (χ0n) is 7.74. The molecule has 0 heterocycles. The van der Waals surface area contributed by atoms with Crippen molar-refractivity contribution in [1.29, 1.82) is 0 Å². The molecule has 1 rings (SSSR count). The molecule has 4 nitrogen and oxygen atoms in total. The summed E-state index contributed by atoms with van der Waals surface area (Å²) in [7, 11) is 0. The second-order valence-electron chi connectivity index (χ2n) is 3.02. The second-order valence-corrected chi connectivity index (χ2v) is 3.46. The Morgan fingerprint density at radius 1 is 1.50 bits per heavy atom. The minimum Gasteiger partial charge on any atom is -0.378 e. The summed E-state index contributed by atoms with van der Waals surface area (Å²) < 4.78 is 0. The smallest absolute Gasteiger partial charge is 0.227 e. The number of nitro groups is 1. The largest absolute Gasteiger partial charge is 0.378 e. The number of rotatable bonds is 4. The van der Waals surface area contributed by atoms with Crippen LogP contribution >= 0.6 is 11.6 Å². The van der Waals surface area contributed by atoms with E-state index in [2.05, 4.69) is 5.32 Å². The van der Waals surface area contributed by atoms with Crippen molar-refractivity contribution in [3.05, 3.63) is 39.4 Å². The molecule has 14 heavy (non-hydrogen) atoms. The van der Waals surface area contributed by atoms with Crippen LogP contribution in [0.3, 0.4) is 0 Å². The molecule has 76 valence electrons. The highest BCUT2D eigenvalue weighted by Crippen LogP contribution is 2.13. The lowest BCUT2D eigenvalue weighted by Crippen LogP contribution is -2.24. The molecule has 0 bridgehead atoms. The minimum atomic E-state index is -0.592. The van der Waals surface area contributed by atoms with Gasteiger partial charge in [-0.1, -0.05) is 11.6 Å². The number of hydrogen-bond donors (Lipinski definition) is 1. The monoisotopic (exact) mass is 214 g/mol. The van der Waals surface area contributed by atoms with Crippen LogP contribution in [0.15, 0.2) is 24.3 Å². The van der Waals surface area contributed by atoms with E-state index in [4.69, 9.17) is 11.6 Å². The molecule has 0 aliphatic carbocycles. The molecule has 5 heteroatoms. The standard InChI is InChI=1S/C9H11ClN2O2/c1-7(12(13)14)6-11-9-4-2-8(10)3-5-9/h2-5,7,11H,6H2,1H3. The zero-order valence-corrected chi connectivity index (χ0v) is 8.49. The van der Waals surface area contributed by atoms with Crippen molar-refractivity contribution in [3.63, 3.8) is 0 Å². The maximum atomic E-state index is 10.3. The van der Waals surface area contributed by atoms with Gasteiger partial charge in [-0.2, -0.15) is 0 Å². The Hall–Kier alpha value is -1.29. The van der Waals surface area contributed by atoms with E-state index in [-0.39, 0.29) is 4.92 Å². The summed E-state index contributed by atoms with van der Waals surface area (Å²) in [6.07, 6.45) is 0. The first-order valence-corrected chi connectivity index (χ1v) is 4.60. The van der Waals surface area contributed by atoms with E-state index >= 15 is 0 Å². The lowest BCUT2D eigenvalue weighted by Gasteiger charge is -2.07. The molecule has 0 radical (unpaired) electrons. The third-order valence-corrected chi connectivity index (χ3v) is 2.06. The molecule has 0 fully saturated rings. The van der Waals surface area contributed by atoms with Crippen molar-refractivity contribution >= 4 is 17.3 Å². The van der Waals surface area contributed by atoms with Crippen molar-refractivity contribution in [2.75, 3.05) is 11.9 Å². The molecule has 1 unspecified atom stereocenters. The molecule has 0 aromatic heterocycles. The van der Waals surface area contributed by atoms with Crippen LogP contribution in [0, 0.1) is 10.1 Å². The van der Waals surface area contributed by atoms with Crippen LogP contribution < -0.4 is 5.32 Å². The highest BCUT2D eigenvalue weighted by atomic mass is 35.5. The van der Waals surface area contributed by atoms with Crippen molar-refractivity contribution < 1.29 is 4.92 Å². The molecule has 0 amide bonds. The van der Waals surface area contributed by atoms with Crippen molar-refractivity contribution in [1.82, 2.24) is 0 Å². The van der Waals surface area contributed by atoms with Gasteiger partial charge < -0.3 is 5.32 Å². The van der Waals surface area contributed by atoms with Gasteiger partial charge in [0.25, 0.3) is 0 Å². The molecule has 0 spiro atoms. The first-order chi connectivity index (χ1) is 6.59. The number of halogens is 1. The molecule has 0 saturated heterocycles. The molecule has 0 aliphatic rings. The fraction of sp³-hybridized carbons (Fsp3) is 0.333. The van der Waals surface area contributed by atoms with E-state index in [1.165, 1.54) is 0 Å². The normalized spacial score (nSPS) is 12.1. The van der Waals surface area contributed by atoms with Crippen molar-refractivity contribution in [2.45, 2.75) is 13.0 Å². The Morgan fingerprint density at radius 2 is 2.07 bits per heavy atom. The average molecular weight is 215 g/mol. The van der Waals surface area contributed by atoms with Gasteiger partial charge in [0, 0.05) is 22.6 Å². The van der Waals surface area contributed by atoms with Crippen molar-refractivity contribution in [2.24, 2.45) is 0 Å². The molecule has 1 atom stereocenters. The molecule has 0 saturated carbocycles. The van der Waals surface area contributed by atoms with Gasteiger partial charge in [0.15, 0.2) is 0 Å². The molecule has 1 aromatic carbocycles. The van der Waals surface area contributed by atoms with Crippen LogP contribution in [0.5, 0.6) is 0 Å². The van der Waals surface area contributed by atoms with Gasteiger partial charge in [-0.05, 0) is 24.3 Å². The van der Waals surface area contributed by atoms with Crippen LogP contribution in [0.2, 0.25) is 5.02 Å². The first-order valence-electron chi connectivity index (χ1n) is 4.22. The Morgan fingerprint density at radius 3 is 2.57 bits per heavy atom. The highest BCUT2D eigenvalue weighted by molar-refractivity contribution is 6.30. The van der Waals surface area contributed by atoms with E-state index in [0.29, 0.717) is 11.6 Å². The Kier molecular flexibility index (Phi) is 3.71. The maximum Gasteiger partial charge on any atom is 0.227 e. The quantitative estimate of drug-likeness (QED) is 0.619. The third-order valence-electron chi connectivity index (χ3n) is 1.81. The number of anilines is 1. The topological polar surface area (TPSA) is 55.2 Å². The van der Waals surface area contributed by atoms with Crippen LogP contribution in [-0.4, -0.2) is 17.5 Å². The van der Waals surface area contributed by atoms with Crippen molar-refractivity contribution in [3.8, 4) is 0 Å². The van der Waals surface area contributed by atoms with Gasteiger partial charge in [-0.3, -0.25) is 10.1 Å². The SMILES string of the molecule is CC(CNc1ccc(Cl)cc1)[N+](=O)[O-]. The predicted molar refractivity (Wildman–Crippen MR) is 56.4 cm³/mol. The minimum absolute atomic E-state index is 0.314. The summed E-state index contributed by atoms with van der Waals surface area (Å²) in [5.74, 6) is 0. The third kappa shape index (κ3) is 3.22. The summed E-state index contributed by atoms with van der Waals surface area (Å²) in [6, 6.07) is 6.46. The molecule has 1 N–H and O–H groups in total. The summed E-state index contributed by atoms with van der Waals surface area (Å²) in [6.45, 7) is 1.87. The molecule has 1 aromatic rings. The van der Waals surface area contributed by atoms with Gasteiger partial charge in [-0.15, -0.1) is 0 Å². The van der Waals surface area contributed by atoms with Gasteiger partial charge in [-0.25, -0.2) is 0 Å². The van der Waals surface area contributed by atoms with E-state index in [1.54, 1.807) is 31.2 Å². The fourth-order valence-electron chi connectivity index (χ4n) is 0.908. The van der Waals surface area contributed by atoms with Crippen LogP contribution in [0.25, 0.3) is 0 Å². The first kappa shape index (κ1) is 10.8. The van der Waals surface area contributed by atoms with E-state index < -0.39 is 6.04 Å². The molecular formula is C9H11ClN2O2. The number of nitrogens with one attached hydrogen (secondary N) is 1. The summed E-state index contributed by atoms with van der Waals surface area (Å²) in [5, 5.41) is 13.9. The van der Waals surface area contributed by atoms with Crippen LogP contribution in [0.1, 0.15) is 6.92 Å². The van der Waals surface area contributed by atoms with Gasteiger partial charge in [0.1, 0.15) is 0 Å². The Labute approximate surface area is 87.0 Å². The van der Waals surface area contributed by atoms with Crippen LogP contribution in [0.4, 0.5) is 5.69 Å². The summed E-state index contributed by atoms with van der Waals surface area (Å²) in [5.41, 5.74) is 0.836. The Balaban J connectivity index is 2.46.